The maximum atomic E-state index is 13.1. The van der Waals surface area contributed by atoms with Crippen LogP contribution in [0.5, 0.6) is 0 Å². The van der Waals surface area contributed by atoms with Crippen LogP contribution in [-0.2, 0) is 10.2 Å². The lowest BCUT2D eigenvalue weighted by atomic mass is 9.83. The molecule has 3 rings (SSSR count). The van der Waals surface area contributed by atoms with Gasteiger partial charge in [0.25, 0.3) is 0 Å². The Morgan fingerprint density at radius 2 is 1.78 bits per heavy atom. The third-order valence-corrected chi connectivity index (χ3v) is 5.43. The zero-order valence-corrected chi connectivity index (χ0v) is 14.6. The van der Waals surface area contributed by atoms with Gasteiger partial charge in [0.2, 0.25) is 5.91 Å². The molecule has 2 fully saturated rings. The van der Waals surface area contributed by atoms with Crippen molar-refractivity contribution in [2.24, 2.45) is 0 Å². The maximum absolute atomic E-state index is 13.1. The molecule has 4 heteroatoms. The molecule has 2 heterocycles. The van der Waals surface area contributed by atoms with E-state index in [4.69, 9.17) is 0 Å². The van der Waals surface area contributed by atoms with Gasteiger partial charge in [-0.1, -0.05) is 29.8 Å². The van der Waals surface area contributed by atoms with Crippen LogP contribution in [-0.4, -0.2) is 61.0 Å². The topological polar surface area (TPSA) is 35.6 Å². The Morgan fingerprint density at radius 1 is 1.13 bits per heavy atom. The molecule has 0 aliphatic carbocycles. The van der Waals surface area contributed by atoms with Crippen LogP contribution in [0.25, 0.3) is 0 Å². The Balaban J connectivity index is 1.66. The highest BCUT2D eigenvalue weighted by Gasteiger charge is 2.38. The summed E-state index contributed by atoms with van der Waals surface area (Å²) in [5, 5.41) is 3.40. The van der Waals surface area contributed by atoms with Crippen LogP contribution in [0.15, 0.2) is 24.3 Å². The van der Waals surface area contributed by atoms with Crippen LogP contribution in [0.1, 0.15) is 31.4 Å². The van der Waals surface area contributed by atoms with E-state index < -0.39 is 5.41 Å². The van der Waals surface area contributed by atoms with Crippen LogP contribution in [0, 0.1) is 6.92 Å². The van der Waals surface area contributed by atoms with Crippen LogP contribution in [0.4, 0.5) is 0 Å². The van der Waals surface area contributed by atoms with Gasteiger partial charge < -0.3 is 10.2 Å². The van der Waals surface area contributed by atoms with Gasteiger partial charge in [-0.2, -0.15) is 0 Å². The van der Waals surface area contributed by atoms with Crippen LogP contribution in [0.3, 0.4) is 0 Å². The van der Waals surface area contributed by atoms with Gasteiger partial charge in [-0.25, -0.2) is 0 Å². The molecule has 2 saturated heterocycles. The standard InChI is InChI=1S/C19H29N3O/c1-15-4-6-16(7-5-15)19(2,3)18(23)22-11-8-17(14-22)21-12-9-20-10-13-21/h4-7,17,20H,8-14H2,1-3H3. The third-order valence-electron chi connectivity index (χ3n) is 5.43. The fourth-order valence-electron chi connectivity index (χ4n) is 3.76. The Kier molecular flexibility index (Phi) is 4.74. The second kappa shape index (κ2) is 6.62. The smallest absolute Gasteiger partial charge is 0.232 e. The van der Waals surface area contributed by atoms with Gasteiger partial charge in [-0.15, -0.1) is 0 Å². The van der Waals surface area contributed by atoms with Gasteiger partial charge in [-0.3, -0.25) is 9.69 Å². The zero-order chi connectivity index (χ0) is 16.4. The Bertz CT molecular complexity index is 546. The van der Waals surface area contributed by atoms with Crippen molar-refractivity contribution in [2.45, 2.75) is 38.6 Å². The van der Waals surface area contributed by atoms with Crippen molar-refractivity contribution >= 4 is 5.91 Å². The fraction of sp³-hybridized carbons (Fsp3) is 0.632. The van der Waals surface area contributed by atoms with Crippen molar-refractivity contribution < 1.29 is 4.79 Å². The largest absolute Gasteiger partial charge is 0.340 e. The van der Waals surface area contributed by atoms with Crippen molar-refractivity contribution in [3.63, 3.8) is 0 Å². The number of carbonyl (C=O) groups excluding carboxylic acids is 1. The van der Waals surface area contributed by atoms with Crippen LogP contribution in [0.2, 0.25) is 0 Å². The SMILES string of the molecule is Cc1ccc(C(C)(C)C(=O)N2CCC(N3CCNCC3)C2)cc1. The average molecular weight is 315 g/mol. The first kappa shape index (κ1) is 16.5. The molecule has 0 aromatic heterocycles. The highest BCUT2D eigenvalue weighted by molar-refractivity contribution is 5.87. The summed E-state index contributed by atoms with van der Waals surface area (Å²) in [6, 6.07) is 8.92. The molecule has 1 aromatic carbocycles. The molecule has 2 aliphatic rings. The van der Waals surface area contributed by atoms with Gasteiger partial charge in [0.15, 0.2) is 0 Å². The minimum absolute atomic E-state index is 0.263. The number of piperazine rings is 1. The average Bonchev–Trinajstić information content (AvgIpc) is 3.05. The minimum Gasteiger partial charge on any atom is -0.340 e. The maximum Gasteiger partial charge on any atom is 0.232 e. The number of nitrogens with zero attached hydrogens (tertiary/aromatic N) is 2. The van der Waals surface area contributed by atoms with E-state index in [-0.39, 0.29) is 5.91 Å². The first-order valence-corrected chi connectivity index (χ1v) is 8.80. The van der Waals surface area contributed by atoms with Gasteiger partial charge >= 0.3 is 0 Å². The summed E-state index contributed by atoms with van der Waals surface area (Å²) in [6.45, 7) is 12.3. The van der Waals surface area contributed by atoms with Crippen LogP contribution >= 0.6 is 0 Å². The summed E-state index contributed by atoms with van der Waals surface area (Å²) in [5.74, 6) is 0.263. The molecule has 126 valence electrons. The summed E-state index contributed by atoms with van der Waals surface area (Å²) in [5.41, 5.74) is 1.89. The molecular weight excluding hydrogens is 286 g/mol. The Morgan fingerprint density at radius 3 is 2.43 bits per heavy atom. The van der Waals surface area contributed by atoms with E-state index in [1.807, 2.05) is 0 Å². The molecule has 0 bridgehead atoms. The number of likely N-dealkylation sites (tertiary alicyclic amines) is 1. The number of amides is 1. The molecule has 0 spiro atoms. The molecule has 1 unspecified atom stereocenters. The van der Waals surface area contributed by atoms with E-state index in [0.717, 1.165) is 51.3 Å². The van der Waals surface area contributed by atoms with E-state index in [9.17, 15) is 4.79 Å². The molecule has 0 saturated carbocycles. The van der Waals surface area contributed by atoms with Crippen molar-refractivity contribution in [1.29, 1.82) is 0 Å². The number of benzene rings is 1. The summed E-state index contributed by atoms with van der Waals surface area (Å²) >= 11 is 0. The van der Waals surface area contributed by atoms with Gasteiger partial charge in [0.1, 0.15) is 0 Å². The van der Waals surface area contributed by atoms with Gasteiger partial charge in [0, 0.05) is 45.3 Å². The highest BCUT2D eigenvalue weighted by Crippen LogP contribution is 2.28. The second-order valence-corrected chi connectivity index (χ2v) is 7.47. The molecule has 2 aliphatic heterocycles. The lowest BCUT2D eigenvalue weighted by molar-refractivity contribution is -0.135. The number of rotatable bonds is 3. The predicted molar refractivity (Wildman–Crippen MR) is 93.6 cm³/mol. The number of aryl methyl sites for hydroxylation is 1. The second-order valence-electron chi connectivity index (χ2n) is 7.47. The number of carbonyl (C=O) groups is 1. The summed E-state index contributed by atoms with van der Waals surface area (Å²) in [7, 11) is 0. The molecule has 1 N–H and O–H groups in total. The number of hydrogen-bond donors (Lipinski definition) is 1. The Hall–Kier alpha value is -1.39. The van der Waals surface area contributed by atoms with E-state index in [2.05, 4.69) is 60.2 Å². The van der Waals surface area contributed by atoms with E-state index in [1.54, 1.807) is 0 Å². The van der Waals surface area contributed by atoms with Crippen molar-refractivity contribution in [2.75, 3.05) is 39.3 Å². The third kappa shape index (κ3) is 3.43. The number of nitrogens with one attached hydrogen (secondary N) is 1. The quantitative estimate of drug-likeness (QED) is 0.923. The molecule has 4 nitrogen and oxygen atoms in total. The minimum atomic E-state index is -0.452. The lowest BCUT2D eigenvalue weighted by Gasteiger charge is -2.34. The molecule has 0 radical (unpaired) electrons. The van der Waals surface area contributed by atoms with Crippen molar-refractivity contribution in [3.8, 4) is 0 Å². The monoisotopic (exact) mass is 315 g/mol. The molecule has 1 atom stereocenters. The van der Waals surface area contributed by atoms with E-state index >= 15 is 0 Å². The molecular formula is C19H29N3O. The summed E-state index contributed by atoms with van der Waals surface area (Å²) in [4.78, 5) is 17.7. The molecule has 1 amide bonds. The van der Waals surface area contributed by atoms with Gasteiger partial charge in [-0.05, 0) is 32.8 Å². The molecule has 1 aromatic rings. The van der Waals surface area contributed by atoms with Crippen molar-refractivity contribution in [1.82, 2.24) is 15.1 Å². The zero-order valence-electron chi connectivity index (χ0n) is 14.6. The van der Waals surface area contributed by atoms with Gasteiger partial charge in [0.05, 0.1) is 5.41 Å². The molecule has 23 heavy (non-hydrogen) atoms. The van der Waals surface area contributed by atoms with Crippen molar-refractivity contribution in [3.05, 3.63) is 35.4 Å². The van der Waals surface area contributed by atoms with Crippen LogP contribution < -0.4 is 5.32 Å². The summed E-state index contributed by atoms with van der Waals surface area (Å²) < 4.78 is 0. The Labute approximate surface area is 139 Å². The van der Waals surface area contributed by atoms with E-state index in [0.29, 0.717) is 6.04 Å². The number of hydrogen-bond acceptors (Lipinski definition) is 3. The predicted octanol–water partition coefficient (Wildman–Crippen LogP) is 1.78. The summed E-state index contributed by atoms with van der Waals surface area (Å²) in [6.07, 6.45) is 1.11. The normalized spacial score (nSPS) is 23.3. The lowest BCUT2D eigenvalue weighted by Crippen LogP contribution is -2.50. The first-order chi connectivity index (χ1) is 11.0. The first-order valence-electron chi connectivity index (χ1n) is 8.80. The fourth-order valence-corrected chi connectivity index (χ4v) is 3.76. The van der Waals surface area contributed by atoms with E-state index in [1.165, 1.54) is 5.56 Å². The highest BCUT2D eigenvalue weighted by atomic mass is 16.2.